The predicted molar refractivity (Wildman–Crippen MR) is 77.4 cm³/mol. The van der Waals surface area contributed by atoms with Crippen molar-refractivity contribution in [3.05, 3.63) is 58.6 Å². The molecule has 0 aromatic heterocycles. The van der Waals surface area contributed by atoms with E-state index in [4.69, 9.17) is 21.1 Å². The van der Waals surface area contributed by atoms with E-state index in [1.807, 2.05) is 24.3 Å². The molecule has 0 fully saturated rings. The van der Waals surface area contributed by atoms with Crippen LogP contribution in [0.3, 0.4) is 0 Å². The molecule has 1 aliphatic rings. The first-order valence-electron chi connectivity index (χ1n) is 6.45. The van der Waals surface area contributed by atoms with Crippen LogP contribution in [0.5, 0.6) is 11.5 Å². The Balaban J connectivity index is 1.88. The largest absolute Gasteiger partial charge is 0.497 e. The molecular weight excluding hydrogens is 276 g/mol. The highest BCUT2D eigenvalue weighted by Crippen LogP contribution is 2.41. The minimum absolute atomic E-state index is 0.162. The molecule has 0 radical (unpaired) electrons. The quantitative estimate of drug-likeness (QED) is 0.911. The molecule has 2 atom stereocenters. The maximum Gasteiger partial charge on any atom is 0.127 e. The van der Waals surface area contributed by atoms with Gasteiger partial charge < -0.3 is 14.6 Å². The molecule has 2 aromatic carbocycles. The van der Waals surface area contributed by atoms with Gasteiger partial charge in [0, 0.05) is 17.0 Å². The Morgan fingerprint density at radius 3 is 2.65 bits per heavy atom. The summed E-state index contributed by atoms with van der Waals surface area (Å²) < 4.78 is 11.1. The molecule has 0 aliphatic carbocycles. The molecule has 1 aliphatic heterocycles. The minimum atomic E-state index is -0.565. The standard InChI is InChI=1S/C16H15ClO3/c1-19-12-5-2-10(3-6-12)16-9-14(18)13-8-11(17)4-7-15(13)20-16/h2-8,14,16,18H,9H2,1H3/t14-,16?/m1/s1. The second-order valence-corrected chi connectivity index (χ2v) is 5.25. The van der Waals surface area contributed by atoms with Gasteiger partial charge in [-0.2, -0.15) is 0 Å². The first-order valence-corrected chi connectivity index (χ1v) is 6.83. The Bertz CT molecular complexity index is 610. The normalized spacial score (nSPS) is 20.9. The molecule has 0 saturated carbocycles. The smallest absolute Gasteiger partial charge is 0.127 e. The second kappa shape index (κ2) is 5.35. The molecule has 2 aromatic rings. The lowest BCUT2D eigenvalue weighted by Crippen LogP contribution is -2.18. The highest BCUT2D eigenvalue weighted by Gasteiger charge is 2.28. The van der Waals surface area contributed by atoms with E-state index in [9.17, 15) is 5.11 Å². The molecule has 1 heterocycles. The van der Waals surface area contributed by atoms with E-state index >= 15 is 0 Å². The number of aliphatic hydroxyl groups excluding tert-OH is 1. The van der Waals surface area contributed by atoms with Crippen LogP contribution in [0.4, 0.5) is 0 Å². The van der Waals surface area contributed by atoms with Crippen LogP contribution in [0.25, 0.3) is 0 Å². The molecule has 4 heteroatoms. The van der Waals surface area contributed by atoms with Crippen molar-refractivity contribution in [2.24, 2.45) is 0 Å². The van der Waals surface area contributed by atoms with Gasteiger partial charge in [0.1, 0.15) is 17.6 Å². The van der Waals surface area contributed by atoms with Gasteiger partial charge in [-0.05, 0) is 35.9 Å². The summed E-state index contributed by atoms with van der Waals surface area (Å²) in [5.74, 6) is 1.49. The van der Waals surface area contributed by atoms with Gasteiger partial charge in [-0.25, -0.2) is 0 Å². The summed E-state index contributed by atoms with van der Waals surface area (Å²) in [5.41, 5.74) is 1.77. The number of benzene rings is 2. The van der Waals surface area contributed by atoms with Gasteiger partial charge in [0.25, 0.3) is 0 Å². The molecule has 3 rings (SSSR count). The molecule has 0 amide bonds. The van der Waals surface area contributed by atoms with Crippen LogP contribution in [0.1, 0.15) is 29.8 Å². The highest BCUT2D eigenvalue weighted by molar-refractivity contribution is 6.30. The van der Waals surface area contributed by atoms with Crippen molar-refractivity contribution < 1.29 is 14.6 Å². The third-order valence-electron chi connectivity index (χ3n) is 3.52. The number of hydrogen-bond acceptors (Lipinski definition) is 3. The fourth-order valence-electron chi connectivity index (χ4n) is 2.44. The van der Waals surface area contributed by atoms with Crippen LogP contribution < -0.4 is 9.47 Å². The van der Waals surface area contributed by atoms with Gasteiger partial charge in [-0.3, -0.25) is 0 Å². The molecule has 20 heavy (non-hydrogen) atoms. The molecule has 0 saturated heterocycles. The Morgan fingerprint density at radius 2 is 1.95 bits per heavy atom. The zero-order valence-electron chi connectivity index (χ0n) is 11.0. The summed E-state index contributed by atoms with van der Waals surface area (Å²) >= 11 is 5.95. The Kier molecular flexibility index (Phi) is 3.55. The number of halogens is 1. The SMILES string of the molecule is COc1ccc(C2C[C@@H](O)c3cc(Cl)ccc3O2)cc1. The van der Waals surface area contributed by atoms with Crippen molar-refractivity contribution >= 4 is 11.6 Å². The van der Waals surface area contributed by atoms with Gasteiger partial charge in [0.2, 0.25) is 0 Å². The number of ether oxygens (including phenoxy) is 2. The average Bonchev–Trinajstić information content (AvgIpc) is 2.48. The van der Waals surface area contributed by atoms with Gasteiger partial charge in [-0.15, -0.1) is 0 Å². The topological polar surface area (TPSA) is 38.7 Å². The van der Waals surface area contributed by atoms with E-state index in [2.05, 4.69) is 0 Å². The monoisotopic (exact) mass is 290 g/mol. The number of hydrogen-bond donors (Lipinski definition) is 1. The molecule has 1 unspecified atom stereocenters. The first kappa shape index (κ1) is 13.3. The van der Waals surface area contributed by atoms with Crippen molar-refractivity contribution in [1.82, 2.24) is 0 Å². The minimum Gasteiger partial charge on any atom is -0.497 e. The van der Waals surface area contributed by atoms with E-state index < -0.39 is 6.10 Å². The fraction of sp³-hybridized carbons (Fsp3) is 0.250. The maximum atomic E-state index is 10.3. The van der Waals surface area contributed by atoms with Crippen LogP contribution in [-0.2, 0) is 0 Å². The van der Waals surface area contributed by atoms with E-state index in [1.54, 1.807) is 25.3 Å². The average molecular weight is 291 g/mol. The van der Waals surface area contributed by atoms with Gasteiger partial charge in [0.05, 0.1) is 13.2 Å². The highest BCUT2D eigenvalue weighted by atomic mass is 35.5. The van der Waals surface area contributed by atoms with Crippen molar-refractivity contribution in [2.45, 2.75) is 18.6 Å². The van der Waals surface area contributed by atoms with Gasteiger partial charge in [-0.1, -0.05) is 23.7 Å². The zero-order valence-corrected chi connectivity index (χ0v) is 11.8. The second-order valence-electron chi connectivity index (χ2n) is 4.81. The Labute approximate surface area is 122 Å². The predicted octanol–water partition coefficient (Wildman–Crippen LogP) is 3.91. The first-order chi connectivity index (χ1) is 9.67. The van der Waals surface area contributed by atoms with Crippen molar-refractivity contribution in [3.8, 4) is 11.5 Å². The maximum absolute atomic E-state index is 10.3. The summed E-state index contributed by atoms with van der Waals surface area (Å²) in [5, 5.41) is 10.9. The van der Waals surface area contributed by atoms with Crippen molar-refractivity contribution in [1.29, 1.82) is 0 Å². The number of methoxy groups -OCH3 is 1. The van der Waals surface area contributed by atoms with E-state index in [0.29, 0.717) is 17.2 Å². The van der Waals surface area contributed by atoms with Gasteiger partial charge >= 0.3 is 0 Å². The van der Waals surface area contributed by atoms with Crippen LogP contribution in [0, 0.1) is 0 Å². The van der Waals surface area contributed by atoms with E-state index in [-0.39, 0.29) is 6.10 Å². The van der Waals surface area contributed by atoms with Crippen LogP contribution in [0.15, 0.2) is 42.5 Å². The Morgan fingerprint density at radius 1 is 1.20 bits per heavy atom. The van der Waals surface area contributed by atoms with Crippen LogP contribution in [-0.4, -0.2) is 12.2 Å². The van der Waals surface area contributed by atoms with Crippen molar-refractivity contribution in [2.75, 3.05) is 7.11 Å². The molecule has 0 spiro atoms. The zero-order chi connectivity index (χ0) is 14.1. The van der Waals surface area contributed by atoms with Gasteiger partial charge in [0.15, 0.2) is 0 Å². The number of rotatable bonds is 2. The summed E-state index contributed by atoms with van der Waals surface area (Å²) in [7, 11) is 1.63. The molecule has 1 N–H and O–H groups in total. The van der Waals surface area contributed by atoms with Crippen LogP contribution in [0.2, 0.25) is 5.02 Å². The summed E-state index contributed by atoms with van der Waals surface area (Å²) in [6.07, 6.45) is -0.214. The summed E-state index contributed by atoms with van der Waals surface area (Å²) in [6, 6.07) is 13.0. The third-order valence-corrected chi connectivity index (χ3v) is 3.76. The third kappa shape index (κ3) is 2.47. The van der Waals surface area contributed by atoms with Crippen molar-refractivity contribution in [3.63, 3.8) is 0 Å². The Hall–Kier alpha value is -1.71. The molecular formula is C16H15ClO3. The lowest BCUT2D eigenvalue weighted by molar-refractivity contribution is 0.0657. The van der Waals surface area contributed by atoms with E-state index in [0.717, 1.165) is 16.9 Å². The molecule has 3 nitrogen and oxygen atoms in total. The molecule has 0 bridgehead atoms. The number of aliphatic hydroxyl groups is 1. The lowest BCUT2D eigenvalue weighted by atomic mass is 9.95. The lowest BCUT2D eigenvalue weighted by Gasteiger charge is -2.30. The summed E-state index contributed by atoms with van der Waals surface area (Å²) in [6.45, 7) is 0. The van der Waals surface area contributed by atoms with E-state index in [1.165, 1.54) is 0 Å². The molecule has 104 valence electrons. The fourth-order valence-corrected chi connectivity index (χ4v) is 2.62. The number of fused-ring (bicyclic) bond motifs is 1. The summed E-state index contributed by atoms with van der Waals surface area (Å²) in [4.78, 5) is 0. The van der Waals surface area contributed by atoms with Crippen LogP contribution >= 0.6 is 11.6 Å².